The summed E-state index contributed by atoms with van der Waals surface area (Å²) in [7, 11) is 0. The zero-order valence-corrected chi connectivity index (χ0v) is 12.5. The molecule has 1 fully saturated rings. The summed E-state index contributed by atoms with van der Waals surface area (Å²) in [6, 6.07) is 8.37. The van der Waals surface area contributed by atoms with Gasteiger partial charge in [0.15, 0.2) is 0 Å². The predicted octanol–water partition coefficient (Wildman–Crippen LogP) is 2.42. The van der Waals surface area contributed by atoms with Gasteiger partial charge in [-0.2, -0.15) is 0 Å². The second-order valence-electron chi connectivity index (χ2n) is 5.48. The number of nitrogens with zero attached hydrogens (tertiary/aromatic N) is 1. The van der Waals surface area contributed by atoms with Crippen molar-refractivity contribution in [2.24, 2.45) is 0 Å². The molecule has 0 aromatic heterocycles. The lowest BCUT2D eigenvalue weighted by Gasteiger charge is -2.42. The largest absolute Gasteiger partial charge is 0.394 e. The van der Waals surface area contributed by atoms with Crippen molar-refractivity contribution in [2.45, 2.75) is 32.1 Å². The number of rotatable bonds is 3. The SMILES string of the molecule is CC1(C)CN(Cc2ccc(Br)cc2)CC(CO)O1. The van der Waals surface area contributed by atoms with Crippen molar-refractivity contribution >= 4 is 15.9 Å². The normalized spacial score (nSPS) is 24.1. The van der Waals surface area contributed by atoms with E-state index in [2.05, 4.69) is 58.9 Å². The second-order valence-corrected chi connectivity index (χ2v) is 6.39. The van der Waals surface area contributed by atoms with E-state index in [-0.39, 0.29) is 18.3 Å². The van der Waals surface area contributed by atoms with Gasteiger partial charge in [-0.05, 0) is 31.5 Å². The predicted molar refractivity (Wildman–Crippen MR) is 75.5 cm³/mol. The summed E-state index contributed by atoms with van der Waals surface area (Å²) >= 11 is 3.44. The molecule has 0 spiro atoms. The zero-order valence-electron chi connectivity index (χ0n) is 10.9. The molecule has 4 heteroatoms. The van der Waals surface area contributed by atoms with Crippen molar-refractivity contribution in [3.8, 4) is 0 Å². The quantitative estimate of drug-likeness (QED) is 0.930. The van der Waals surface area contributed by atoms with Crippen LogP contribution >= 0.6 is 15.9 Å². The minimum Gasteiger partial charge on any atom is -0.394 e. The molecule has 0 amide bonds. The number of halogens is 1. The highest BCUT2D eigenvalue weighted by atomic mass is 79.9. The summed E-state index contributed by atoms with van der Waals surface area (Å²) in [4.78, 5) is 2.34. The van der Waals surface area contributed by atoms with Crippen LogP contribution in [0.25, 0.3) is 0 Å². The minimum absolute atomic E-state index is 0.0794. The van der Waals surface area contributed by atoms with Crippen LogP contribution in [0.5, 0.6) is 0 Å². The van der Waals surface area contributed by atoms with Crippen molar-refractivity contribution in [2.75, 3.05) is 19.7 Å². The number of hydrogen-bond acceptors (Lipinski definition) is 3. The lowest BCUT2D eigenvalue weighted by Crippen LogP contribution is -2.53. The fourth-order valence-electron chi connectivity index (χ4n) is 2.48. The summed E-state index contributed by atoms with van der Waals surface area (Å²) in [5.74, 6) is 0. The summed E-state index contributed by atoms with van der Waals surface area (Å²) in [6.45, 7) is 6.80. The van der Waals surface area contributed by atoms with Crippen LogP contribution in [0, 0.1) is 0 Å². The summed E-state index contributed by atoms with van der Waals surface area (Å²) in [5, 5.41) is 9.29. The first kappa shape index (κ1) is 14.0. The Bertz CT molecular complexity index is 391. The third-order valence-electron chi connectivity index (χ3n) is 3.07. The molecule has 1 aromatic carbocycles. The molecule has 100 valence electrons. The van der Waals surface area contributed by atoms with Gasteiger partial charge in [0, 0.05) is 24.1 Å². The maximum absolute atomic E-state index is 9.29. The monoisotopic (exact) mass is 313 g/mol. The summed E-state index contributed by atoms with van der Waals surface area (Å²) in [5.41, 5.74) is 1.09. The van der Waals surface area contributed by atoms with E-state index >= 15 is 0 Å². The van der Waals surface area contributed by atoms with Crippen molar-refractivity contribution in [3.05, 3.63) is 34.3 Å². The number of ether oxygens (including phenoxy) is 1. The van der Waals surface area contributed by atoms with E-state index in [1.165, 1.54) is 5.56 Å². The minimum atomic E-state index is -0.193. The van der Waals surface area contributed by atoms with Gasteiger partial charge < -0.3 is 9.84 Å². The second kappa shape index (κ2) is 5.70. The molecular weight excluding hydrogens is 294 g/mol. The molecule has 3 nitrogen and oxygen atoms in total. The van der Waals surface area contributed by atoms with Gasteiger partial charge >= 0.3 is 0 Å². The maximum atomic E-state index is 9.29. The molecule has 1 heterocycles. The Morgan fingerprint density at radius 1 is 1.39 bits per heavy atom. The molecule has 1 aromatic rings. The molecule has 0 bridgehead atoms. The first-order valence-corrected chi connectivity index (χ1v) is 7.03. The smallest absolute Gasteiger partial charge is 0.0940 e. The fraction of sp³-hybridized carbons (Fsp3) is 0.571. The van der Waals surface area contributed by atoms with E-state index in [0.29, 0.717) is 0 Å². The molecular formula is C14H20BrNO2. The van der Waals surface area contributed by atoms with Crippen molar-refractivity contribution in [1.29, 1.82) is 0 Å². The van der Waals surface area contributed by atoms with Crippen molar-refractivity contribution in [1.82, 2.24) is 4.90 Å². The Balaban J connectivity index is 2.02. The average molecular weight is 314 g/mol. The highest BCUT2D eigenvalue weighted by molar-refractivity contribution is 9.10. The molecule has 2 rings (SSSR count). The fourth-order valence-corrected chi connectivity index (χ4v) is 2.74. The molecule has 0 saturated carbocycles. The van der Waals surface area contributed by atoms with Gasteiger partial charge in [0.2, 0.25) is 0 Å². The van der Waals surface area contributed by atoms with Crippen LogP contribution in [0.1, 0.15) is 19.4 Å². The first-order valence-electron chi connectivity index (χ1n) is 6.24. The average Bonchev–Trinajstić information content (AvgIpc) is 2.30. The van der Waals surface area contributed by atoms with E-state index < -0.39 is 0 Å². The molecule has 1 saturated heterocycles. The summed E-state index contributed by atoms with van der Waals surface area (Å²) in [6.07, 6.45) is -0.0794. The number of morpholine rings is 1. The van der Waals surface area contributed by atoms with Crippen molar-refractivity contribution < 1.29 is 9.84 Å². The number of aliphatic hydroxyl groups is 1. The van der Waals surface area contributed by atoms with E-state index in [9.17, 15) is 5.11 Å². The Kier molecular flexibility index (Phi) is 4.43. The third-order valence-corrected chi connectivity index (χ3v) is 3.60. The van der Waals surface area contributed by atoms with Gasteiger partial charge in [0.1, 0.15) is 0 Å². The zero-order chi connectivity index (χ0) is 13.2. The summed E-state index contributed by atoms with van der Waals surface area (Å²) < 4.78 is 6.91. The Morgan fingerprint density at radius 2 is 2.06 bits per heavy atom. The van der Waals surface area contributed by atoms with Gasteiger partial charge in [-0.15, -0.1) is 0 Å². The lowest BCUT2D eigenvalue weighted by atomic mass is 10.0. The molecule has 18 heavy (non-hydrogen) atoms. The molecule has 1 N–H and O–H groups in total. The molecule has 1 unspecified atom stereocenters. The number of aliphatic hydroxyl groups excluding tert-OH is 1. The van der Waals surface area contributed by atoms with Crippen LogP contribution in [0.3, 0.4) is 0 Å². The van der Waals surface area contributed by atoms with E-state index in [1.807, 2.05) is 0 Å². The van der Waals surface area contributed by atoms with E-state index in [0.717, 1.165) is 24.1 Å². The topological polar surface area (TPSA) is 32.7 Å². The highest BCUT2D eigenvalue weighted by Crippen LogP contribution is 2.22. The van der Waals surface area contributed by atoms with Gasteiger partial charge in [0.05, 0.1) is 18.3 Å². The molecule has 0 radical (unpaired) electrons. The van der Waals surface area contributed by atoms with Crippen LogP contribution in [-0.4, -0.2) is 41.4 Å². The Morgan fingerprint density at radius 3 is 2.67 bits per heavy atom. The lowest BCUT2D eigenvalue weighted by molar-refractivity contribution is -0.150. The Labute approximate surface area is 117 Å². The van der Waals surface area contributed by atoms with E-state index in [4.69, 9.17) is 4.74 Å². The van der Waals surface area contributed by atoms with Gasteiger partial charge in [-0.25, -0.2) is 0 Å². The molecule has 1 atom stereocenters. The van der Waals surface area contributed by atoms with Crippen LogP contribution < -0.4 is 0 Å². The van der Waals surface area contributed by atoms with Crippen molar-refractivity contribution in [3.63, 3.8) is 0 Å². The molecule has 1 aliphatic rings. The standard InChI is InChI=1S/C14H20BrNO2/c1-14(2)10-16(8-13(9-17)18-14)7-11-3-5-12(15)6-4-11/h3-6,13,17H,7-10H2,1-2H3. The van der Waals surface area contributed by atoms with Crippen LogP contribution in [-0.2, 0) is 11.3 Å². The third kappa shape index (κ3) is 3.79. The molecule has 0 aliphatic carbocycles. The van der Waals surface area contributed by atoms with Crippen LogP contribution in [0.2, 0.25) is 0 Å². The first-order chi connectivity index (χ1) is 8.48. The van der Waals surface area contributed by atoms with Crippen LogP contribution in [0.4, 0.5) is 0 Å². The Hall–Kier alpha value is -0.420. The van der Waals surface area contributed by atoms with Gasteiger partial charge in [0.25, 0.3) is 0 Å². The highest BCUT2D eigenvalue weighted by Gasteiger charge is 2.32. The molecule has 1 aliphatic heterocycles. The maximum Gasteiger partial charge on any atom is 0.0940 e. The van der Waals surface area contributed by atoms with Crippen LogP contribution in [0.15, 0.2) is 28.7 Å². The van der Waals surface area contributed by atoms with E-state index in [1.54, 1.807) is 0 Å². The van der Waals surface area contributed by atoms with Gasteiger partial charge in [-0.3, -0.25) is 4.90 Å². The van der Waals surface area contributed by atoms with Gasteiger partial charge in [-0.1, -0.05) is 28.1 Å². The number of hydrogen-bond donors (Lipinski definition) is 1. The number of benzene rings is 1.